The Morgan fingerprint density at radius 3 is 2.53 bits per heavy atom. The molecule has 1 fully saturated rings. The van der Waals surface area contributed by atoms with Crippen LogP contribution in [0.15, 0.2) is 48.8 Å². The predicted octanol–water partition coefficient (Wildman–Crippen LogP) is 7.25. The molecule has 5 rings (SSSR count). The number of anilines is 1. The molecule has 3 heterocycles. The molecule has 1 atom stereocenters. The van der Waals surface area contributed by atoms with Crippen LogP contribution in [-0.4, -0.2) is 49.5 Å². The monoisotopic (exact) mass is 637 g/mol. The molecule has 0 bridgehead atoms. The van der Waals surface area contributed by atoms with Crippen molar-refractivity contribution >= 4 is 30.8 Å². The number of amides is 2. The molecule has 1 aliphatic heterocycles. The lowest BCUT2D eigenvalue weighted by Crippen LogP contribution is -2.47. The second-order valence-corrected chi connectivity index (χ2v) is 17.8. The summed E-state index contributed by atoms with van der Waals surface area (Å²) in [6, 6.07) is 9.60. The van der Waals surface area contributed by atoms with Gasteiger partial charge in [-0.05, 0) is 25.1 Å². The lowest BCUT2D eigenvalue weighted by molar-refractivity contribution is -0.0444. The summed E-state index contributed by atoms with van der Waals surface area (Å²) in [5.41, 5.74) is 0.684. The molecule has 2 N–H and O–H groups in total. The fourth-order valence-electron chi connectivity index (χ4n) is 4.85. The van der Waals surface area contributed by atoms with Crippen molar-refractivity contribution < 1.29 is 32.2 Å². The Morgan fingerprint density at radius 2 is 1.89 bits per heavy atom. The number of carbonyl (C=O) groups is 1. The van der Waals surface area contributed by atoms with Gasteiger partial charge < -0.3 is 29.4 Å². The topological polar surface area (TPSA) is 110 Å². The van der Waals surface area contributed by atoms with Crippen LogP contribution in [0, 0.1) is 34.7 Å². The van der Waals surface area contributed by atoms with E-state index in [0.717, 1.165) is 18.2 Å². The Hall–Kier alpha value is -4.38. The van der Waals surface area contributed by atoms with Gasteiger partial charge in [0.15, 0.2) is 17.4 Å². The van der Waals surface area contributed by atoms with Crippen LogP contribution in [0.1, 0.15) is 12.5 Å². The summed E-state index contributed by atoms with van der Waals surface area (Å²) in [5.74, 6) is -3.35. The Kier molecular flexibility index (Phi) is 9.47. The first kappa shape index (κ1) is 32.0. The van der Waals surface area contributed by atoms with Crippen LogP contribution in [0.2, 0.25) is 25.7 Å². The summed E-state index contributed by atoms with van der Waals surface area (Å²) < 4.78 is 63.9. The fraction of sp³-hybridized carbons (Fsp3) is 0.344. The number of urea groups is 1. The number of aromatic nitrogens is 2. The highest BCUT2D eigenvalue weighted by atomic mass is 28.3. The molecule has 13 heteroatoms. The maximum Gasteiger partial charge on any atom is 0.319 e. The minimum absolute atomic E-state index is 0.0248. The number of fused-ring (bicyclic) bond motifs is 1. The SMILES string of the molecule is C[C@@H](NC(=O)Nc1cc(F)c(Oc2ccnc3c2c(-c2cccc(F)c2C#N)cn3COCC[Si](C)(C)C)c(F)c1)C1COC1. The maximum atomic E-state index is 15.3. The lowest BCUT2D eigenvalue weighted by Gasteiger charge is -2.31. The van der Waals surface area contributed by atoms with E-state index in [1.165, 1.54) is 24.4 Å². The van der Waals surface area contributed by atoms with Crippen LogP contribution in [0.25, 0.3) is 22.2 Å². The number of ether oxygens (including phenoxy) is 3. The van der Waals surface area contributed by atoms with E-state index >= 15 is 8.78 Å². The lowest BCUT2D eigenvalue weighted by atomic mass is 10.00. The molecule has 9 nitrogen and oxygen atoms in total. The number of rotatable bonds is 11. The second kappa shape index (κ2) is 13.3. The molecule has 2 aromatic heterocycles. The van der Waals surface area contributed by atoms with E-state index in [1.807, 2.05) is 13.0 Å². The molecular formula is C32H34F3N5O4Si. The standard InChI is InChI=1S/C32H34F3N5O4Si/c1-19(20-16-43-17-20)38-32(41)39-21-12-26(34)30(27(35)13-21)44-28-8-9-37-31-29(28)24(22-6-5-7-25(33)23(22)14-36)15-40(31)18-42-10-11-45(2,3)4/h5-9,12-13,15,19-20H,10-11,16-18H2,1-4H3,(H2,38,39,41)/t19-/m1/s1. The van der Waals surface area contributed by atoms with E-state index in [0.29, 0.717) is 36.4 Å². The quantitative estimate of drug-likeness (QED) is 0.132. The molecule has 0 unspecified atom stereocenters. The van der Waals surface area contributed by atoms with E-state index in [1.54, 1.807) is 16.8 Å². The third kappa shape index (κ3) is 7.30. The van der Waals surface area contributed by atoms with Crippen LogP contribution < -0.4 is 15.4 Å². The molecule has 1 saturated heterocycles. The summed E-state index contributed by atoms with van der Waals surface area (Å²) in [6.07, 6.45) is 3.07. The highest BCUT2D eigenvalue weighted by molar-refractivity contribution is 6.76. The van der Waals surface area contributed by atoms with E-state index in [9.17, 15) is 14.4 Å². The summed E-state index contributed by atoms with van der Waals surface area (Å²) in [4.78, 5) is 16.9. The van der Waals surface area contributed by atoms with Crippen molar-refractivity contribution in [3.63, 3.8) is 0 Å². The Labute approximate surface area is 259 Å². The van der Waals surface area contributed by atoms with Crippen molar-refractivity contribution in [2.24, 2.45) is 5.92 Å². The van der Waals surface area contributed by atoms with Gasteiger partial charge >= 0.3 is 6.03 Å². The molecule has 1 aliphatic rings. The first-order valence-electron chi connectivity index (χ1n) is 14.5. The molecule has 0 spiro atoms. The van der Waals surface area contributed by atoms with E-state index < -0.39 is 37.3 Å². The number of pyridine rings is 1. The summed E-state index contributed by atoms with van der Waals surface area (Å²) in [6.45, 7) is 10.2. The number of nitrogens with zero attached hydrogens (tertiary/aromatic N) is 3. The first-order chi connectivity index (χ1) is 21.4. The molecule has 2 aromatic carbocycles. The van der Waals surface area contributed by atoms with Gasteiger partial charge in [-0.1, -0.05) is 31.8 Å². The van der Waals surface area contributed by atoms with Gasteiger partial charge in [0, 0.05) is 68.0 Å². The highest BCUT2D eigenvalue weighted by Crippen LogP contribution is 2.41. The number of nitriles is 1. The smallest absolute Gasteiger partial charge is 0.319 e. The van der Waals surface area contributed by atoms with Crippen molar-refractivity contribution in [2.75, 3.05) is 25.1 Å². The minimum Gasteiger partial charge on any atom is -0.450 e. The van der Waals surface area contributed by atoms with Crippen molar-refractivity contribution in [1.29, 1.82) is 5.26 Å². The minimum atomic E-state index is -1.35. The van der Waals surface area contributed by atoms with E-state index in [-0.39, 0.29) is 41.3 Å². The fourth-order valence-corrected chi connectivity index (χ4v) is 5.61. The number of hydrogen-bond donors (Lipinski definition) is 2. The molecule has 0 aliphatic carbocycles. The third-order valence-electron chi connectivity index (χ3n) is 7.56. The van der Waals surface area contributed by atoms with Crippen LogP contribution in [0.3, 0.4) is 0 Å². The zero-order chi connectivity index (χ0) is 32.3. The molecule has 0 radical (unpaired) electrons. The van der Waals surface area contributed by atoms with Crippen LogP contribution in [-0.2, 0) is 16.2 Å². The summed E-state index contributed by atoms with van der Waals surface area (Å²) in [7, 11) is -1.35. The molecule has 4 aromatic rings. The number of carbonyl (C=O) groups excluding carboxylic acids is 1. The number of halogens is 3. The average Bonchev–Trinajstić information content (AvgIpc) is 3.30. The predicted molar refractivity (Wildman–Crippen MR) is 166 cm³/mol. The van der Waals surface area contributed by atoms with Crippen molar-refractivity contribution in [3.05, 3.63) is 71.8 Å². The van der Waals surface area contributed by atoms with Crippen molar-refractivity contribution in [2.45, 2.75) is 45.4 Å². The van der Waals surface area contributed by atoms with Crippen molar-refractivity contribution in [1.82, 2.24) is 14.9 Å². The van der Waals surface area contributed by atoms with Gasteiger partial charge in [-0.25, -0.2) is 22.9 Å². The summed E-state index contributed by atoms with van der Waals surface area (Å²) >= 11 is 0. The zero-order valence-corrected chi connectivity index (χ0v) is 26.4. The van der Waals surface area contributed by atoms with Crippen LogP contribution in [0.5, 0.6) is 11.5 Å². The van der Waals surface area contributed by atoms with Gasteiger partial charge in [-0.3, -0.25) is 0 Å². The van der Waals surface area contributed by atoms with Gasteiger partial charge in [0.1, 0.15) is 30.0 Å². The van der Waals surface area contributed by atoms with E-state index in [4.69, 9.17) is 14.2 Å². The Morgan fingerprint density at radius 1 is 1.16 bits per heavy atom. The third-order valence-corrected chi connectivity index (χ3v) is 9.26. The average molecular weight is 638 g/mol. The van der Waals surface area contributed by atoms with Gasteiger partial charge in [0.05, 0.1) is 24.2 Å². The zero-order valence-electron chi connectivity index (χ0n) is 25.4. The Bertz CT molecular complexity index is 1740. The molecule has 0 saturated carbocycles. The largest absolute Gasteiger partial charge is 0.450 e. The maximum absolute atomic E-state index is 15.3. The molecular weight excluding hydrogens is 603 g/mol. The van der Waals surface area contributed by atoms with Gasteiger partial charge in [0.2, 0.25) is 0 Å². The number of benzene rings is 2. The van der Waals surface area contributed by atoms with Gasteiger partial charge in [0.25, 0.3) is 0 Å². The van der Waals surface area contributed by atoms with Gasteiger partial charge in [-0.15, -0.1) is 0 Å². The molecule has 236 valence electrons. The van der Waals surface area contributed by atoms with Crippen LogP contribution >= 0.6 is 0 Å². The normalized spacial score (nSPS) is 14.1. The van der Waals surface area contributed by atoms with E-state index in [2.05, 4.69) is 35.3 Å². The first-order valence-corrected chi connectivity index (χ1v) is 18.2. The number of hydrogen-bond acceptors (Lipinski definition) is 6. The Balaban J connectivity index is 1.47. The number of nitrogens with one attached hydrogen (secondary N) is 2. The molecule has 45 heavy (non-hydrogen) atoms. The van der Waals surface area contributed by atoms with Gasteiger partial charge in [-0.2, -0.15) is 5.26 Å². The highest BCUT2D eigenvalue weighted by Gasteiger charge is 2.27. The van der Waals surface area contributed by atoms with Crippen LogP contribution in [0.4, 0.5) is 23.7 Å². The summed E-state index contributed by atoms with van der Waals surface area (Å²) in [5, 5.41) is 15.2. The van der Waals surface area contributed by atoms with Crippen molar-refractivity contribution in [3.8, 4) is 28.7 Å². The molecule has 2 amide bonds. The second-order valence-electron chi connectivity index (χ2n) is 12.2.